The third-order valence-corrected chi connectivity index (χ3v) is 3.25. The summed E-state index contributed by atoms with van der Waals surface area (Å²) in [5.41, 5.74) is 0. The highest BCUT2D eigenvalue weighted by Crippen LogP contribution is 2.11. The molecule has 0 aromatic heterocycles. The summed E-state index contributed by atoms with van der Waals surface area (Å²) in [6.45, 7) is 6.49. The third-order valence-electron chi connectivity index (χ3n) is 1.77. The van der Waals surface area contributed by atoms with Gasteiger partial charge >= 0.3 is 0 Å². The second-order valence-electron chi connectivity index (χ2n) is 3.68. The van der Waals surface area contributed by atoms with Crippen molar-refractivity contribution in [1.82, 2.24) is 5.32 Å². The molecule has 0 fully saturated rings. The Hall–Kier alpha value is -0.0900. The van der Waals surface area contributed by atoms with Gasteiger partial charge < -0.3 is 10.4 Å². The van der Waals surface area contributed by atoms with Gasteiger partial charge in [0.2, 0.25) is 5.91 Å². The molecule has 0 heterocycles. The Morgan fingerprint density at radius 2 is 2.00 bits per heavy atom. The fourth-order valence-electron chi connectivity index (χ4n) is 0.740. The Morgan fingerprint density at radius 1 is 1.46 bits per heavy atom. The minimum absolute atomic E-state index is 0.00435. The molecule has 13 heavy (non-hydrogen) atoms. The second kappa shape index (κ2) is 6.38. The van der Waals surface area contributed by atoms with Crippen LogP contribution in [-0.4, -0.2) is 29.0 Å². The van der Waals surface area contributed by atoms with E-state index in [9.17, 15) is 4.79 Å². The van der Waals surface area contributed by atoms with Gasteiger partial charge in [0.25, 0.3) is 0 Å². The number of alkyl halides is 1. The second-order valence-corrected chi connectivity index (χ2v) is 4.67. The first-order valence-corrected chi connectivity index (χ1v) is 5.43. The van der Waals surface area contributed by atoms with Crippen molar-refractivity contribution < 1.29 is 9.90 Å². The largest absolute Gasteiger partial charge is 0.396 e. The molecule has 78 valence electrons. The molecule has 3 nitrogen and oxygen atoms in total. The van der Waals surface area contributed by atoms with Crippen LogP contribution >= 0.6 is 15.9 Å². The van der Waals surface area contributed by atoms with E-state index in [1.807, 2.05) is 20.8 Å². The fraction of sp³-hybridized carbons (Fsp3) is 0.889. The van der Waals surface area contributed by atoms with Crippen LogP contribution in [-0.2, 0) is 4.79 Å². The molecule has 0 bridgehead atoms. The van der Waals surface area contributed by atoms with Crippen molar-refractivity contribution in [2.45, 2.75) is 25.6 Å². The highest BCUT2D eigenvalue weighted by molar-refractivity contribution is 9.10. The molecule has 0 saturated carbocycles. The van der Waals surface area contributed by atoms with Gasteiger partial charge in [-0.15, -0.1) is 0 Å². The zero-order chi connectivity index (χ0) is 10.4. The lowest BCUT2D eigenvalue weighted by Crippen LogP contribution is -2.37. The molecule has 2 N–H and O–H groups in total. The predicted octanol–water partition coefficient (Wildman–Crippen LogP) is 1.15. The standard InChI is InChI=1S/C9H18BrNO2/c1-6(2)8(10)9(13)11-4-7(3)5-12/h6-8,12H,4-5H2,1-3H3,(H,11,13). The minimum atomic E-state index is -0.140. The Morgan fingerprint density at radius 3 is 2.38 bits per heavy atom. The maximum absolute atomic E-state index is 11.4. The predicted molar refractivity (Wildman–Crippen MR) is 56.8 cm³/mol. The van der Waals surface area contributed by atoms with Gasteiger partial charge in [-0.25, -0.2) is 0 Å². The molecule has 0 aromatic carbocycles. The number of halogens is 1. The van der Waals surface area contributed by atoms with Crippen molar-refractivity contribution in [3.8, 4) is 0 Å². The van der Waals surface area contributed by atoms with Crippen molar-refractivity contribution in [1.29, 1.82) is 0 Å². The average Bonchev–Trinajstić information content (AvgIpc) is 2.11. The van der Waals surface area contributed by atoms with E-state index in [1.165, 1.54) is 0 Å². The Bertz CT molecular complexity index is 162. The number of amides is 1. The molecule has 2 atom stereocenters. The summed E-state index contributed by atoms with van der Waals surface area (Å²) in [7, 11) is 0. The van der Waals surface area contributed by atoms with Crippen LogP contribution in [0.2, 0.25) is 0 Å². The monoisotopic (exact) mass is 251 g/mol. The lowest BCUT2D eigenvalue weighted by Gasteiger charge is -2.15. The minimum Gasteiger partial charge on any atom is -0.396 e. The van der Waals surface area contributed by atoms with Crippen molar-refractivity contribution in [3.05, 3.63) is 0 Å². The number of nitrogens with one attached hydrogen (secondary N) is 1. The van der Waals surface area contributed by atoms with Gasteiger partial charge in [0, 0.05) is 13.2 Å². The number of hydrogen-bond donors (Lipinski definition) is 2. The number of hydrogen-bond acceptors (Lipinski definition) is 2. The van der Waals surface area contributed by atoms with Gasteiger partial charge in [-0.05, 0) is 11.8 Å². The van der Waals surface area contributed by atoms with Crippen LogP contribution in [0.5, 0.6) is 0 Å². The van der Waals surface area contributed by atoms with E-state index >= 15 is 0 Å². The SMILES string of the molecule is CC(CO)CNC(=O)C(Br)C(C)C. The highest BCUT2D eigenvalue weighted by Gasteiger charge is 2.18. The molecule has 0 radical (unpaired) electrons. The Labute approximate surface area is 88.0 Å². The highest BCUT2D eigenvalue weighted by atomic mass is 79.9. The van der Waals surface area contributed by atoms with Gasteiger partial charge in [0.05, 0.1) is 4.83 Å². The van der Waals surface area contributed by atoms with Crippen molar-refractivity contribution in [3.63, 3.8) is 0 Å². The van der Waals surface area contributed by atoms with E-state index < -0.39 is 0 Å². The molecule has 0 aromatic rings. The van der Waals surface area contributed by atoms with Crippen molar-refractivity contribution in [2.75, 3.05) is 13.2 Å². The number of aliphatic hydroxyl groups excluding tert-OH is 1. The summed E-state index contributed by atoms with van der Waals surface area (Å²) >= 11 is 3.31. The maximum Gasteiger partial charge on any atom is 0.234 e. The van der Waals surface area contributed by atoms with E-state index in [0.717, 1.165) is 0 Å². The third kappa shape index (κ3) is 5.26. The first-order chi connectivity index (χ1) is 5.99. The Kier molecular flexibility index (Phi) is 6.33. The molecular weight excluding hydrogens is 234 g/mol. The normalized spacial score (nSPS) is 15.5. The molecule has 0 rings (SSSR count). The average molecular weight is 252 g/mol. The molecule has 0 saturated heterocycles. The molecule has 0 aliphatic carbocycles. The zero-order valence-electron chi connectivity index (χ0n) is 8.38. The lowest BCUT2D eigenvalue weighted by molar-refractivity contribution is -0.121. The molecule has 0 spiro atoms. The van der Waals surface area contributed by atoms with Crippen LogP contribution in [0.15, 0.2) is 0 Å². The summed E-state index contributed by atoms with van der Waals surface area (Å²) in [4.78, 5) is 11.2. The summed E-state index contributed by atoms with van der Waals surface area (Å²) in [6, 6.07) is 0. The van der Waals surface area contributed by atoms with Crippen LogP contribution in [0.4, 0.5) is 0 Å². The van der Waals surface area contributed by atoms with E-state index in [2.05, 4.69) is 21.2 Å². The van der Waals surface area contributed by atoms with Crippen molar-refractivity contribution >= 4 is 21.8 Å². The molecule has 0 aliphatic rings. The number of carbonyl (C=O) groups is 1. The lowest BCUT2D eigenvalue weighted by atomic mass is 10.1. The van der Waals surface area contributed by atoms with Crippen LogP contribution in [0.25, 0.3) is 0 Å². The van der Waals surface area contributed by atoms with Gasteiger partial charge in [0.1, 0.15) is 0 Å². The van der Waals surface area contributed by atoms with Crippen LogP contribution in [0.3, 0.4) is 0 Å². The summed E-state index contributed by atoms with van der Waals surface area (Å²) in [6.07, 6.45) is 0. The Balaban J connectivity index is 3.74. The summed E-state index contributed by atoms with van der Waals surface area (Å²) < 4.78 is 0. The van der Waals surface area contributed by atoms with Gasteiger partial charge in [-0.3, -0.25) is 4.79 Å². The quantitative estimate of drug-likeness (QED) is 0.721. The number of rotatable bonds is 5. The fourth-order valence-corrected chi connectivity index (χ4v) is 0.901. The van der Waals surface area contributed by atoms with Crippen LogP contribution in [0.1, 0.15) is 20.8 Å². The van der Waals surface area contributed by atoms with Gasteiger partial charge in [-0.2, -0.15) is 0 Å². The zero-order valence-corrected chi connectivity index (χ0v) is 9.97. The molecule has 0 aliphatic heterocycles. The molecular formula is C9H18BrNO2. The van der Waals surface area contributed by atoms with E-state index in [0.29, 0.717) is 6.54 Å². The first kappa shape index (κ1) is 12.9. The van der Waals surface area contributed by atoms with E-state index in [1.54, 1.807) is 0 Å². The number of carbonyl (C=O) groups excluding carboxylic acids is 1. The number of aliphatic hydroxyl groups is 1. The van der Waals surface area contributed by atoms with Gasteiger partial charge in [0.15, 0.2) is 0 Å². The first-order valence-electron chi connectivity index (χ1n) is 4.51. The maximum atomic E-state index is 11.4. The molecule has 1 amide bonds. The van der Waals surface area contributed by atoms with Gasteiger partial charge in [-0.1, -0.05) is 36.7 Å². The van der Waals surface area contributed by atoms with E-state index in [-0.39, 0.29) is 29.2 Å². The van der Waals surface area contributed by atoms with Crippen LogP contribution < -0.4 is 5.32 Å². The molecule has 4 heteroatoms. The summed E-state index contributed by atoms with van der Waals surface area (Å²) in [5, 5.41) is 11.5. The van der Waals surface area contributed by atoms with E-state index in [4.69, 9.17) is 5.11 Å². The van der Waals surface area contributed by atoms with Crippen LogP contribution in [0, 0.1) is 11.8 Å². The van der Waals surface area contributed by atoms with Crippen molar-refractivity contribution in [2.24, 2.45) is 11.8 Å². The topological polar surface area (TPSA) is 49.3 Å². The smallest absolute Gasteiger partial charge is 0.234 e. The summed E-state index contributed by atoms with van der Waals surface area (Å²) in [5.74, 6) is 0.399. The molecule has 2 unspecified atom stereocenters.